The molecule has 1 aliphatic carbocycles. The minimum Gasteiger partial charge on any atom is -0.309 e. The van der Waals surface area contributed by atoms with Crippen LogP contribution in [0.3, 0.4) is 0 Å². The third-order valence-corrected chi connectivity index (χ3v) is 10.9. The highest BCUT2D eigenvalue weighted by molar-refractivity contribution is 6.04. The van der Waals surface area contributed by atoms with Crippen molar-refractivity contribution in [2.75, 3.05) is 4.90 Å². The van der Waals surface area contributed by atoms with Gasteiger partial charge in [-0.1, -0.05) is 182 Å². The monoisotopic (exact) mass is 661 g/mol. The van der Waals surface area contributed by atoms with E-state index in [9.17, 15) is 0 Å². The molecule has 0 atom stereocenters. The summed E-state index contributed by atoms with van der Waals surface area (Å²) in [5.74, 6) is 0. The molecule has 1 nitrogen and oxygen atoms in total. The Bertz CT molecular complexity index is 2690. The third kappa shape index (κ3) is 4.63. The van der Waals surface area contributed by atoms with E-state index < -0.39 is 5.41 Å². The lowest BCUT2D eigenvalue weighted by Gasteiger charge is -2.34. The smallest absolute Gasteiger partial charge is 0.0714 e. The molecule has 244 valence electrons. The molecule has 1 heteroatoms. The largest absolute Gasteiger partial charge is 0.309 e. The zero-order valence-electron chi connectivity index (χ0n) is 28.7. The van der Waals surface area contributed by atoms with Crippen molar-refractivity contribution in [1.29, 1.82) is 0 Å². The molecular weight excluding hydrogens is 627 g/mol. The molecule has 0 amide bonds. The van der Waals surface area contributed by atoms with Crippen molar-refractivity contribution in [3.8, 4) is 22.3 Å². The second-order valence-corrected chi connectivity index (χ2v) is 13.7. The summed E-state index contributed by atoms with van der Waals surface area (Å²) in [6.45, 7) is 0. The van der Waals surface area contributed by atoms with Crippen LogP contribution in [0.5, 0.6) is 0 Å². The van der Waals surface area contributed by atoms with Gasteiger partial charge in [0.15, 0.2) is 0 Å². The zero-order valence-corrected chi connectivity index (χ0v) is 28.7. The van der Waals surface area contributed by atoms with Crippen LogP contribution < -0.4 is 4.90 Å². The van der Waals surface area contributed by atoms with E-state index in [1.165, 1.54) is 66.1 Å². The molecule has 9 aromatic carbocycles. The van der Waals surface area contributed by atoms with Gasteiger partial charge in [0.1, 0.15) is 0 Å². The molecule has 0 N–H and O–H groups in total. The van der Waals surface area contributed by atoms with E-state index in [2.05, 4.69) is 217 Å². The molecule has 1 aliphatic rings. The van der Waals surface area contributed by atoms with Gasteiger partial charge in [0.25, 0.3) is 0 Å². The highest BCUT2D eigenvalue weighted by atomic mass is 15.1. The summed E-state index contributed by atoms with van der Waals surface area (Å²) in [7, 11) is 0. The first-order valence-electron chi connectivity index (χ1n) is 18.0. The molecule has 0 fully saturated rings. The number of rotatable bonds is 6. The predicted octanol–water partition coefficient (Wildman–Crippen LogP) is 13.5. The number of nitrogens with zero attached hydrogens (tertiary/aromatic N) is 1. The number of anilines is 3. The molecular formula is C51H35N. The summed E-state index contributed by atoms with van der Waals surface area (Å²) in [4.78, 5) is 2.50. The van der Waals surface area contributed by atoms with Gasteiger partial charge in [0.05, 0.1) is 16.8 Å². The lowest BCUT2D eigenvalue weighted by Crippen LogP contribution is -2.28. The second-order valence-electron chi connectivity index (χ2n) is 13.7. The minimum atomic E-state index is -0.483. The van der Waals surface area contributed by atoms with E-state index in [1.54, 1.807) is 0 Å². The molecule has 0 saturated carbocycles. The molecule has 0 unspecified atom stereocenters. The Balaban J connectivity index is 1.29. The van der Waals surface area contributed by atoms with Crippen molar-refractivity contribution in [3.05, 3.63) is 235 Å². The van der Waals surface area contributed by atoms with Gasteiger partial charge >= 0.3 is 0 Å². The van der Waals surface area contributed by atoms with Gasteiger partial charge < -0.3 is 4.90 Å². The first kappa shape index (κ1) is 30.2. The van der Waals surface area contributed by atoms with E-state index in [4.69, 9.17) is 0 Å². The van der Waals surface area contributed by atoms with Crippen LogP contribution in [0.15, 0.2) is 212 Å². The fourth-order valence-electron chi connectivity index (χ4n) is 8.65. The van der Waals surface area contributed by atoms with E-state index in [0.29, 0.717) is 0 Å². The van der Waals surface area contributed by atoms with Crippen molar-refractivity contribution in [2.24, 2.45) is 0 Å². The summed E-state index contributed by atoms with van der Waals surface area (Å²) < 4.78 is 0. The summed E-state index contributed by atoms with van der Waals surface area (Å²) in [6.07, 6.45) is 0. The molecule has 10 rings (SSSR count). The summed E-state index contributed by atoms with van der Waals surface area (Å²) >= 11 is 0. The third-order valence-electron chi connectivity index (χ3n) is 10.9. The van der Waals surface area contributed by atoms with E-state index in [0.717, 1.165) is 17.1 Å². The van der Waals surface area contributed by atoms with Gasteiger partial charge in [-0.15, -0.1) is 0 Å². The first-order chi connectivity index (χ1) is 25.8. The van der Waals surface area contributed by atoms with Crippen LogP contribution in [0.4, 0.5) is 17.1 Å². The summed E-state index contributed by atoms with van der Waals surface area (Å²) in [5.41, 5.74) is 13.0. The number of benzene rings is 9. The average molecular weight is 662 g/mol. The van der Waals surface area contributed by atoms with Crippen molar-refractivity contribution in [2.45, 2.75) is 5.41 Å². The zero-order chi connectivity index (χ0) is 34.5. The van der Waals surface area contributed by atoms with Gasteiger partial charge in [-0.25, -0.2) is 0 Å². The molecule has 0 bridgehead atoms. The molecule has 0 saturated heterocycles. The topological polar surface area (TPSA) is 3.24 Å². The second kappa shape index (κ2) is 12.3. The molecule has 0 aliphatic heterocycles. The Labute approximate surface area is 304 Å². The SMILES string of the molecule is c1ccc(-c2ccc3ccc(N(c4cccc5c4-c4ccccc4C5(c4ccccc4)c4ccccc4)c4cccc5ccccc45)cc3c2)cc1. The Kier molecular flexibility index (Phi) is 7.11. The lowest BCUT2D eigenvalue weighted by molar-refractivity contribution is 0.768. The maximum atomic E-state index is 2.50. The van der Waals surface area contributed by atoms with Crippen LogP contribution in [0.1, 0.15) is 22.3 Å². The van der Waals surface area contributed by atoms with Crippen LogP contribution in [-0.2, 0) is 5.41 Å². The molecule has 9 aromatic rings. The Morgan fingerprint density at radius 2 is 0.942 bits per heavy atom. The van der Waals surface area contributed by atoms with E-state index >= 15 is 0 Å². The fraction of sp³-hybridized carbons (Fsp3) is 0.0196. The van der Waals surface area contributed by atoms with Crippen molar-refractivity contribution < 1.29 is 0 Å². The first-order valence-corrected chi connectivity index (χ1v) is 18.0. The van der Waals surface area contributed by atoms with Crippen molar-refractivity contribution in [1.82, 2.24) is 0 Å². The quantitative estimate of drug-likeness (QED) is 0.171. The molecule has 0 radical (unpaired) electrons. The number of fused-ring (bicyclic) bond motifs is 5. The van der Waals surface area contributed by atoms with Crippen LogP contribution in [0, 0.1) is 0 Å². The highest BCUT2D eigenvalue weighted by Gasteiger charge is 2.47. The predicted molar refractivity (Wildman–Crippen MR) is 219 cm³/mol. The van der Waals surface area contributed by atoms with Crippen LogP contribution in [0.2, 0.25) is 0 Å². The Hall–Kier alpha value is -6.70. The molecule has 0 aromatic heterocycles. The maximum Gasteiger partial charge on any atom is 0.0714 e. The number of hydrogen-bond acceptors (Lipinski definition) is 1. The number of hydrogen-bond donors (Lipinski definition) is 0. The van der Waals surface area contributed by atoms with Crippen LogP contribution >= 0.6 is 0 Å². The van der Waals surface area contributed by atoms with Crippen molar-refractivity contribution in [3.63, 3.8) is 0 Å². The van der Waals surface area contributed by atoms with Crippen molar-refractivity contribution >= 4 is 38.6 Å². The van der Waals surface area contributed by atoms with Gasteiger partial charge in [0, 0.05) is 16.6 Å². The maximum absolute atomic E-state index is 2.50. The minimum absolute atomic E-state index is 0.483. The summed E-state index contributed by atoms with van der Waals surface area (Å²) in [6, 6.07) is 77.9. The molecule has 0 heterocycles. The van der Waals surface area contributed by atoms with Gasteiger partial charge in [-0.2, -0.15) is 0 Å². The Morgan fingerprint density at radius 3 is 1.73 bits per heavy atom. The van der Waals surface area contributed by atoms with E-state index in [-0.39, 0.29) is 0 Å². The van der Waals surface area contributed by atoms with E-state index in [1.807, 2.05) is 0 Å². The normalized spacial score (nSPS) is 12.8. The van der Waals surface area contributed by atoms with Gasteiger partial charge in [-0.3, -0.25) is 0 Å². The molecule has 0 spiro atoms. The molecule has 52 heavy (non-hydrogen) atoms. The lowest BCUT2D eigenvalue weighted by atomic mass is 9.68. The average Bonchev–Trinajstić information content (AvgIpc) is 3.53. The highest BCUT2D eigenvalue weighted by Crippen LogP contribution is 2.59. The summed E-state index contributed by atoms with van der Waals surface area (Å²) in [5, 5.41) is 4.86. The van der Waals surface area contributed by atoms with Gasteiger partial charge in [0.2, 0.25) is 0 Å². The van der Waals surface area contributed by atoms with Gasteiger partial charge in [-0.05, 0) is 85.4 Å². The Morgan fingerprint density at radius 1 is 0.346 bits per heavy atom. The van der Waals surface area contributed by atoms with Crippen LogP contribution in [-0.4, -0.2) is 0 Å². The van der Waals surface area contributed by atoms with Crippen LogP contribution in [0.25, 0.3) is 43.8 Å². The fourth-order valence-corrected chi connectivity index (χ4v) is 8.65. The standard InChI is InChI=1S/C51H35N/c1-4-16-36(17-5-1)39-31-30-37-32-33-43(35-40(37)34-39)52(48-28-14-19-38-18-10-11-24-44(38)48)49-29-15-27-47-50(49)45-25-12-13-26-46(45)51(47,41-20-6-2-7-21-41)42-22-8-3-9-23-42/h1-35H.